The van der Waals surface area contributed by atoms with E-state index >= 15 is 0 Å². The fourth-order valence-electron chi connectivity index (χ4n) is 2.58. The molecule has 0 unspecified atom stereocenters. The van der Waals surface area contributed by atoms with Crippen LogP contribution < -0.4 is 5.32 Å². The first kappa shape index (κ1) is 13.3. The lowest BCUT2D eigenvalue weighted by atomic mass is 9.77. The zero-order chi connectivity index (χ0) is 14.1. The van der Waals surface area contributed by atoms with Crippen LogP contribution >= 0.6 is 11.3 Å². The molecule has 1 aliphatic rings. The molecule has 0 spiro atoms. The molecule has 6 heteroatoms. The molecular formula is C14H17N3O2S. The summed E-state index contributed by atoms with van der Waals surface area (Å²) in [6.07, 6.45) is 4.62. The van der Waals surface area contributed by atoms with Crippen LogP contribution in [-0.2, 0) is 7.05 Å². The Balaban J connectivity index is 1.77. The highest BCUT2D eigenvalue weighted by Gasteiger charge is 2.36. The normalized spacial score (nSPS) is 23.1. The van der Waals surface area contributed by atoms with Gasteiger partial charge in [0.15, 0.2) is 5.82 Å². The van der Waals surface area contributed by atoms with Gasteiger partial charge in [-0.25, -0.2) is 4.98 Å². The minimum absolute atomic E-state index is 0.0393. The first-order chi connectivity index (χ1) is 9.65. The third-order valence-corrected chi connectivity index (χ3v) is 4.74. The van der Waals surface area contributed by atoms with E-state index in [-0.39, 0.29) is 18.1 Å². The number of hydrogen-bond donors (Lipinski definition) is 2. The molecule has 1 fully saturated rings. The van der Waals surface area contributed by atoms with Gasteiger partial charge in [0, 0.05) is 24.3 Å². The van der Waals surface area contributed by atoms with Gasteiger partial charge < -0.3 is 15.0 Å². The third-order valence-electron chi connectivity index (χ3n) is 3.78. The van der Waals surface area contributed by atoms with E-state index in [4.69, 9.17) is 0 Å². The molecule has 3 rings (SSSR count). The van der Waals surface area contributed by atoms with Gasteiger partial charge in [0.1, 0.15) is 0 Å². The van der Waals surface area contributed by atoms with E-state index in [9.17, 15) is 9.90 Å². The number of aromatic nitrogens is 2. The maximum Gasteiger partial charge on any atom is 0.287 e. The molecule has 0 aliphatic heterocycles. The molecule has 1 saturated carbocycles. The Hall–Kier alpha value is -1.66. The van der Waals surface area contributed by atoms with E-state index in [1.807, 2.05) is 17.5 Å². The summed E-state index contributed by atoms with van der Waals surface area (Å²) in [7, 11) is 1.80. The molecule has 1 atom stereocenters. The Morgan fingerprint density at radius 3 is 2.95 bits per heavy atom. The number of nitrogens with zero attached hydrogens (tertiary/aromatic N) is 2. The molecule has 2 aromatic rings. The van der Waals surface area contributed by atoms with Crippen molar-refractivity contribution >= 4 is 17.2 Å². The monoisotopic (exact) mass is 291 g/mol. The molecule has 0 saturated heterocycles. The molecule has 2 aromatic heterocycles. The number of aliphatic hydroxyl groups excluding tert-OH is 1. The number of carbonyl (C=O) groups is 1. The lowest BCUT2D eigenvalue weighted by Crippen LogP contribution is -2.41. The smallest absolute Gasteiger partial charge is 0.287 e. The minimum atomic E-state index is -0.229. The molecule has 2 heterocycles. The summed E-state index contributed by atoms with van der Waals surface area (Å²) in [6.45, 7) is 0. The Bertz CT molecular complexity index is 587. The number of rotatable bonds is 4. The van der Waals surface area contributed by atoms with Crippen LogP contribution in [-0.4, -0.2) is 26.7 Å². The summed E-state index contributed by atoms with van der Waals surface area (Å²) < 4.78 is 1.70. The standard InChI is InChI=1S/C14H17N3O2S/c1-17-5-4-15-13(17)14(19)16-12(9-7-10(18)8-9)11-3-2-6-20-11/h2-6,9-10,12,18H,7-8H2,1H3,(H,16,19)/t9?,10?,12-/m1/s1. The average molecular weight is 291 g/mol. The zero-order valence-electron chi connectivity index (χ0n) is 11.2. The van der Waals surface area contributed by atoms with E-state index in [0.717, 1.165) is 17.7 Å². The summed E-state index contributed by atoms with van der Waals surface area (Å²) in [6, 6.07) is 3.97. The first-order valence-corrected chi connectivity index (χ1v) is 7.52. The number of carbonyl (C=O) groups excluding carboxylic acids is 1. The number of thiophene rings is 1. The number of hydrogen-bond acceptors (Lipinski definition) is 4. The second-order valence-electron chi connectivity index (χ2n) is 5.21. The van der Waals surface area contributed by atoms with Gasteiger partial charge in [-0.1, -0.05) is 6.07 Å². The van der Waals surface area contributed by atoms with Gasteiger partial charge >= 0.3 is 0 Å². The summed E-state index contributed by atoms with van der Waals surface area (Å²) in [5.41, 5.74) is 0. The quantitative estimate of drug-likeness (QED) is 0.901. The highest BCUT2D eigenvalue weighted by Crippen LogP contribution is 2.39. The Kier molecular flexibility index (Phi) is 3.58. The highest BCUT2D eigenvalue weighted by molar-refractivity contribution is 7.10. The highest BCUT2D eigenvalue weighted by atomic mass is 32.1. The molecule has 1 aliphatic carbocycles. The Morgan fingerprint density at radius 2 is 2.40 bits per heavy atom. The van der Waals surface area contributed by atoms with Gasteiger partial charge in [0.2, 0.25) is 0 Å². The lowest BCUT2D eigenvalue weighted by molar-refractivity contribution is 0.0239. The maximum atomic E-state index is 12.3. The molecule has 5 nitrogen and oxygen atoms in total. The predicted molar refractivity (Wildman–Crippen MR) is 76.5 cm³/mol. The largest absolute Gasteiger partial charge is 0.393 e. The van der Waals surface area contributed by atoms with Crippen molar-refractivity contribution in [3.63, 3.8) is 0 Å². The van der Waals surface area contributed by atoms with Crippen LogP contribution in [0.1, 0.15) is 34.4 Å². The molecule has 20 heavy (non-hydrogen) atoms. The third kappa shape index (κ3) is 2.48. The second-order valence-corrected chi connectivity index (χ2v) is 6.19. The number of amides is 1. The van der Waals surface area contributed by atoms with Crippen LogP contribution in [0.25, 0.3) is 0 Å². The predicted octanol–water partition coefficient (Wildman–Crippen LogP) is 1.72. The molecule has 2 N–H and O–H groups in total. The summed E-state index contributed by atoms with van der Waals surface area (Å²) in [4.78, 5) is 17.5. The number of nitrogens with one attached hydrogen (secondary N) is 1. The van der Waals surface area contributed by atoms with Gasteiger partial charge in [-0.15, -0.1) is 11.3 Å². The Morgan fingerprint density at radius 1 is 1.60 bits per heavy atom. The SMILES string of the molecule is Cn1ccnc1C(=O)N[C@@H](c1cccs1)C1CC(O)C1. The van der Waals surface area contributed by atoms with Crippen LogP contribution in [0, 0.1) is 5.92 Å². The van der Waals surface area contributed by atoms with Crippen LogP contribution in [0.2, 0.25) is 0 Å². The van der Waals surface area contributed by atoms with Crippen molar-refractivity contribution in [1.29, 1.82) is 0 Å². The van der Waals surface area contributed by atoms with Crippen LogP contribution in [0.5, 0.6) is 0 Å². The summed E-state index contributed by atoms with van der Waals surface area (Å²) in [5.74, 6) is 0.539. The first-order valence-electron chi connectivity index (χ1n) is 6.65. The molecular weight excluding hydrogens is 274 g/mol. The van der Waals surface area contributed by atoms with Gasteiger partial charge in [-0.2, -0.15) is 0 Å². The van der Waals surface area contributed by atoms with E-state index in [1.165, 1.54) is 0 Å². The Labute approximate surface area is 121 Å². The fraction of sp³-hybridized carbons (Fsp3) is 0.429. The van der Waals surface area contributed by atoms with Crippen molar-refractivity contribution in [2.75, 3.05) is 0 Å². The lowest BCUT2D eigenvalue weighted by Gasteiger charge is -2.37. The van der Waals surface area contributed by atoms with Crippen molar-refractivity contribution in [2.45, 2.75) is 25.0 Å². The van der Waals surface area contributed by atoms with Gasteiger partial charge in [0.05, 0.1) is 12.1 Å². The average Bonchev–Trinajstić information content (AvgIpc) is 3.03. The molecule has 0 bridgehead atoms. The number of aryl methyl sites for hydroxylation is 1. The van der Waals surface area contributed by atoms with Crippen LogP contribution in [0.4, 0.5) is 0 Å². The van der Waals surface area contributed by atoms with Gasteiger partial charge in [0.25, 0.3) is 5.91 Å². The zero-order valence-corrected chi connectivity index (χ0v) is 12.0. The molecule has 1 amide bonds. The fourth-order valence-corrected chi connectivity index (χ4v) is 3.45. The van der Waals surface area contributed by atoms with E-state index in [0.29, 0.717) is 11.7 Å². The van der Waals surface area contributed by atoms with Crippen molar-refractivity contribution in [1.82, 2.24) is 14.9 Å². The van der Waals surface area contributed by atoms with Crippen LogP contribution in [0.15, 0.2) is 29.9 Å². The summed E-state index contributed by atoms with van der Waals surface area (Å²) in [5, 5.41) is 14.6. The van der Waals surface area contributed by atoms with E-state index in [2.05, 4.69) is 10.3 Å². The minimum Gasteiger partial charge on any atom is -0.393 e. The molecule has 106 valence electrons. The van der Waals surface area contributed by atoms with E-state index < -0.39 is 0 Å². The van der Waals surface area contributed by atoms with Gasteiger partial charge in [-0.3, -0.25) is 4.79 Å². The number of imidazole rings is 1. The van der Waals surface area contributed by atoms with Crippen molar-refractivity contribution in [2.24, 2.45) is 13.0 Å². The summed E-state index contributed by atoms with van der Waals surface area (Å²) >= 11 is 1.63. The van der Waals surface area contributed by atoms with Crippen molar-refractivity contribution in [3.8, 4) is 0 Å². The van der Waals surface area contributed by atoms with Crippen molar-refractivity contribution < 1.29 is 9.90 Å². The number of aliphatic hydroxyl groups is 1. The maximum absolute atomic E-state index is 12.3. The van der Waals surface area contributed by atoms with Gasteiger partial charge in [-0.05, 0) is 30.2 Å². The van der Waals surface area contributed by atoms with Crippen LogP contribution in [0.3, 0.4) is 0 Å². The molecule has 0 radical (unpaired) electrons. The second kappa shape index (κ2) is 5.38. The molecule has 0 aromatic carbocycles. The topological polar surface area (TPSA) is 67.2 Å². The van der Waals surface area contributed by atoms with Crippen molar-refractivity contribution in [3.05, 3.63) is 40.6 Å². The van der Waals surface area contributed by atoms with E-state index in [1.54, 1.807) is 35.3 Å².